The number of benzene rings is 3. The van der Waals surface area contributed by atoms with Gasteiger partial charge in [0.25, 0.3) is 0 Å². The van der Waals surface area contributed by atoms with Crippen LogP contribution in [0.4, 0.5) is 5.69 Å². The van der Waals surface area contributed by atoms with Crippen LogP contribution in [0.15, 0.2) is 90.0 Å². The fourth-order valence-corrected chi connectivity index (χ4v) is 3.18. The van der Waals surface area contributed by atoms with Crippen molar-refractivity contribution in [2.45, 2.75) is 19.4 Å². The van der Waals surface area contributed by atoms with E-state index < -0.39 is 0 Å². The first-order valence-corrected chi connectivity index (χ1v) is 8.35. The van der Waals surface area contributed by atoms with E-state index in [0.29, 0.717) is 0 Å². The number of rotatable bonds is 3. The molecule has 0 amide bonds. The zero-order valence-corrected chi connectivity index (χ0v) is 13.8. The molecule has 0 unspecified atom stereocenters. The molecule has 0 bridgehead atoms. The molecular weight excluding hydrogens is 292 g/mol. The lowest BCUT2D eigenvalue weighted by atomic mass is 9.98. The molecule has 1 heterocycles. The van der Waals surface area contributed by atoms with Gasteiger partial charge >= 0.3 is 0 Å². The van der Waals surface area contributed by atoms with E-state index in [1.165, 1.54) is 16.7 Å². The highest BCUT2D eigenvalue weighted by molar-refractivity contribution is 6.03. The van der Waals surface area contributed by atoms with Gasteiger partial charge in [-0.2, -0.15) is 5.10 Å². The topological polar surface area (TPSA) is 15.6 Å². The maximum Gasteiger partial charge on any atom is 0.0831 e. The summed E-state index contributed by atoms with van der Waals surface area (Å²) in [5, 5.41) is 7.12. The fraction of sp³-hybridized carbons (Fsp3) is 0.136. The Morgan fingerprint density at radius 3 is 2.08 bits per heavy atom. The van der Waals surface area contributed by atoms with Crippen LogP contribution in [0.25, 0.3) is 0 Å². The second-order valence-corrected chi connectivity index (χ2v) is 6.22. The summed E-state index contributed by atoms with van der Waals surface area (Å²) in [4.78, 5) is 0. The van der Waals surface area contributed by atoms with Gasteiger partial charge in [-0.25, -0.2) is 0 Å². The quantitative estimate of drug-likeness (QED) is 0.636. The summed E-state index contributed by atoms with van der Waals surface area (Å²) in [6.45, 7) is 2.11. The normalized spacial score (nSPS) is 17.0. The molecule has 3 aromatic carbocycles. The van der Waals surface area contributed by atoms with Crippen LogP contribution in [0.5, 0.6) is 0 Å². The first kappa shape index (κ1) is 14.7. The SMILES string of the molecule is Cc1ccc(C2=NN(c3ccccc3)[C@@H](c3ccccc3)C2)cc1. The molecule has 2 nitrogen and oxygen atoms in total. The predicted octanol–water partition coefficient (Wildman–Crippen LogP) is 5.35. The maximum atomic E-state index is 4.97. The Labute approximate surface area is 143 Å². The Morgan fingerprint density at radius 2 is 1.42 bits per heavy atom. The molecule has 4 rings (SSSR count). The van der Waals surface area contributed by atoms with Crippen molar-refractivity contribution in [2.75, 3.05) is 5.01 Å². The Bertz CT molecular complexity index is 836. The summed E-state index contributed by atoms with van der Waals surface area (Å²) < 4.78 is 0. The van der Waals surface area contributed by atoms with E-state index in [-0.39, 0.29) is 6.04 Å². The minimum absolute atomic E-state index is 0.241. The molecule has 2 heteroatoms. The minimum atomic E-state index is 0.241. The van der Waals surface area contributed by atoms with Gasteiger partial charge in [-0.3, -0.25) is 5.01 Å². The molecule has 0 saturated heterocycles. The van der Waals surface area contributed by atoms with E-state index in [1.807, 2.05) is 6.07 Å². The molecule has 0 spiro atoms. The van der Waals surface area contributed by atoms with Crippen LogP contribution in [-0.2, 0) is 0 Å². The van der Waals surface area contributed by atoms with Crippen molar-refractivity contribution in [3.8, 4) is 0 Å². The highest BCUT2D eigenvalue weighted by Gasteiger charge is 2.29. The zero-order chi connectivity index (χ0) is 16.4. The number of hydrazone groups is 1. The molecule has 0 N–H and O–H groups in total. The first-order valence-electron chi connectivity index (χ1n) is 8.35. The third-order valence-electron chi connectivity index (χ3n) is 4.50. The number of anilines is 1. The standard InChI is InChI=1S/C22H20N2/c1-17-12-14-18(15-13-17)21-16-22(19-8-4-2-5-9-19)24(23-21)20-10-6-3-7-11-20/h2-15,22H,16H2,1H3/t22-/m1/s1. The third-order valence-corrected chi connectivity index (χ3v) is 4.50. The molecule has 3 aromatic rings. The molecule has 118 valence electrons. The van der Waals surface area contributed by atoms with Gasteiger partial charge in [0.1, 0.15) is 0 Å². The van der Waals surface area contributed by atoms with Gasteiger partial charge in [-0.05, 0) is 30.2 Å². The van der Waals surface area contributed by atoms with Gasteiger partial charge in [-0.1, -0.05) is 78.4 Å². The summed E-state index contributed by atoms with van der Waals surface area (Å²) in [6.07, 6.45) is 0.919. The number of hydrogen-bond acceptors (Lipinski definition) is 2. The summed E-state index contributed by atoms with van der Waals surface area (Å²) >= 11 is 0. The summed E-state index contributed by atoms with van der Waals surface area (Å²) in [7, 11) is 0. The van der Waals surface area contributed by atoms with Crippen molar-refractivity contribution in [1.82, 2.24) is 0 Å². The Morgan fingerprint density at radius 1 is 0.792 bits per heavy atom. The summed E-state index contributed by atoms with van der Waals surface area (Å²) in [5.74, 6) is 0. The van der Waals surface area contributed by atoms with E-state index in [2.05, 4.69) is 90.8 Å². The lowest BCUT2D eigenvalue weighted by Gasteiger charge is -2.23. The van der Waals surface area contributed by atoms with Crippen molar-refractivity contribution in [2.24, 2.45) is 5.10 Å². The summed E-state index contributed by atoms with van der Waals surface area (Å²) in [5.41, 5.74) is 6.06. The van der Waals surface area contributed by atoms with Gasteiger partial charge < -0.3 is 0 Å². The van der Waals surface area contributed by atoms with E-state index in [9.17, 15) is 0 Å². The van der Waals surface area contributed by atoms with Crippen LogP contribution in [0.2, 0.25) is 0 Å². The number of aryl methyl sites for hydroxylation is 1. The largest absolute Gasteiger partial charge is 0.257 e. The number of para-hydroxylation sites is 1. The molecule has 0 fully saturated rings. The minimum Gasteiger partial charge on any atom is -0.257 e. The predicted molar refractivity (Wildman–Crippen MR) is 100 cm³/mol. The molecule has 1 atom stereocenters. The molecule has 1 aliphatic rings. The van der Waals surface area contributed by atoms with Crippen molar-refractivity contribution < 1.29 is 0 Å². The Hall–Kier alpha value is -2.87. The molecule has 0 aliphatic carbocycles. The van der Waals surface area contributed by atoms with Crippen LogP contribution in [-0.4, -0.2) is 5.71 Å². The van der Waals surface area contributed by atoms with Gasteiger partial charge in [0.2, 0.25) is 0 Å². The van der Waals surface area contributed by atoms with Gasteiger partial charge in [0.15, 0.2) is 0 Å². The Kier molecular flexibility index (Phi) is 3.87. The second-order valence-electron chi connectivity index (χ2n) is 6.22. The van der Waals surface area contributed by atoms with Crippen LogP contribution in [0.3, 0.4) is 0 Å². The monoisotopic (exact) mass is 312 g/mol. The average molecular weight is 312 g/mol. The fourth-order valence-electron chi connectivity index (χ4n) is 3.18. The zero-order valence-electron chi connectivity index (χ0n) is 13.8. The van der Waals surface area contributed by atoms with E-state index in [1.54, 1.807) is 0 Å². The molecule has 1 aliphatic heterocycles. The van der Waals surface area contributed by atoms with Crippen LogP contribution in [0, 0.1) is 6.92 Å². The van der Waals surface area contributed by atoms with E-state index >= 15 is 0 Å². The van der Waals surface area contributed by atoms with Crippen LogP contribution >= 0.6 is 0 Å². The van der Waals surface area contributed by atoms with Crippen molar-refractivity contribution in [1.29, 1.82) is 0 Å². The Balaban J connectivity index is 1.74. The number of nitrogens with zero attached hydrogens (tertiary/aromatic N) is 2. The van der Waals surface area contributed by atoms with Crippen LogP contribution < -0.4 is 5.01 Å². The summed E-state index contributed by atoms with van der Waals surface area (Å²) in [6, 6.07) is 30.0. The lowest BCUT2D eigenvalue weighted by molar-refractivity contribution is 0.709. The molecule has 0 saturated carbocycles. The first-order chi connectivity index (χ1) is 11.8. The molecular formula is C22H20N2. The number of hydrogen-bond donors (Lipinski definition) is 0. The van der Waals surface area contributed by atoms with Crippen molar-refractivity contribution in [3.05, 3.63) is 102 Å². The van der Waals surface area contributed by atoms with Crippen LogP contribution in [0.1, 0.15) is 29.2 Å². The second kappa shape index (κ2) is 6.32. The van der Waals surface area contributed by atoms with Crippen molar-refractivity contribution in [3.63, 3.8) is 0 Å². The van der Waals surface area contributed by atoms with Gasteiger partial charge in [0, 0.05) is 6.42 Å². The maximum absolute atomic E-state index is 4.97. The van der Waals surface area contributed by atoms with Crippen molar-refractivity contribution >= 4 is 11.4 Å². The highest BCUT2D eigenvalue weighted by Crippen LogP contribution is 2.36. The third kappa shape index (κ3) is 2.83. The van der Waals surface area contributed by atoms with E-state index in [4.69, 9.17) is 5.10 Å². The van der Waals surface area contributed by atoms with Gasteiger partial charge in [0.05, 0.1) is 17.4 Å². The van der Waals surface area contributed by atoms with E-state index in [0.717, 1.165) is 17.8 Å². The molecule has 24 heavy (non-hydrogen) atoms. The molecule has 0 radical (unpaired) electrons. The lowest BCUT2D eigenvalue weighted by Crippen LogP contribution is -2.18. The smallest absolute Gasteiger partial charge is 0.0831 e. The van der Waals surface area contributed by atoms with Gasteiger partial charge in [-0.15, -0.1) is 0 Å². The molecule has 0 aromatic heterocycles. The average Bonchev–Trinajstić information content (AvgIpc) is 3.09. The highest BCUT2D eigenvalue weighted by atomic mass is 15.5.